The molecule has 0 saturated carbocycles. The van der Waals surface area contributed by atoms with Crippen molar-refractivity contribution in [1.29, 1.82) is 0 Å². The van der Waals surface area contributed by atoms with Crippen molar-refractivity contribution in [2.24, 2.45) is 0 Å². The Morgan fingerprint density at radius 3 is 2.24 bits per heavy atom. The fraction of sp³-hybridized carbons (Fsp3) is 0.500. The molecule has 1 amide bonds. The molecule has 1 aromatic rings. The number of nitrogens with one attached hydrogen (secondary N) is 2. The van der Waals surface area contributed by atoms with Crippen LogP contribution in [0.1, 0.15) is 6.92 Å². The van der Waals surface area contributed by atoms with Crippen molar-refractivity contribution in [3.05, 3.63) is 6.07 Å². The van der Waals surface area contributed by atoms with Crippen molar-refractivity contribution < 1.29 is 14.3 Å². The van der Waals surface area contributed by atoms with E-state index in [4.69, 9.17) is 9.47 Å². The number of carbonyl (C=O) groups is 1. The van der Waals surface area contributed by atoms with Gasteiger partial charge in [0, 0.05) is 7.05 Å². The van der Waals surface area contributed by atoms with Crippen LogP contribution in [0.5, 0.6) is 11.8 Å². The van der Waals surface area contributed by atoms with Gasteiger partial charge in [-0.15, -0.1) is 0 Å². The Morgan fingerprint density at radius 1 is 1.29 bits per heavy atom. The van der Waals surface area contributed by atoms with Gasteiger partial charge in [-0.05, 0) is 6.92 Å². The van der Waals surface area contributed by atoms with Crippen molar-refractivity contribution >= 4 is 11.9 Å². The normalized spacial score (nSPS) is 11.5. The highest BCUT2D eigenvalue weighted by atomic mass is 16.5. The average Bonchev–Trinajstić information content (AvgIpc) is 2.36. The van der Waals surface area contributed by atoms with Crippen LogP contribution in [0.4, 0.5) is 5.95 Å². The Kier molecular flexibility index (Phi) is 4.50. The molecular weight excluding hydrogens is 224 g/mol. The summed E-state index contributed by atoms with van der Waals surface area (Å²) < 4.78 is 9.99. The lowest BCUT2D eigenvalue weighted by Gasteiger charge is -2.13. The van der Waals surface area contributed by atoms with Gasteiger partial charge in [-0.1, -0.05) is 0 Å². The van der Waals surface area contributed by atoms with E-state index in [2.05, 4.69) is 20.6 Å². The minimum Gasteiger partial charge on any atom is -0.481 e. The van der Waals surface area contributed by atoms with E-state index in [-0.39, 0.29) is 11.9 Å². The maximum atomic E-state index is 11.3. The van der Waals surface area contributed by atoms with Crippen molar-refractivity contribution in [3.8, 4) is 11.8 Å². The summed E-state index contributed by atoms with van der Waals surface area (Å²) in [5.41, 5.74) is 0. The van der Waals surface area contributed by atoms with Gasteiger partial charge in [-0.25, -0.2) is 0 Å². The highest BCUT2D eigenvalue weighted by Gasteiger charge is 2.13. The SMILES string of the molecule is CNC(=O)C(C)Nc1nc(OC)cc(OC)n1. The molecule has 0 aliphatic rings. The summed E-state index contributed by atoms with van der Waals surface area (Å²) in [6, 6.07) is 1.10. The Labute approximate surface area is 99.5 Å². The van der Waals surface area contributed by atoms with Crippen LogP contribution in [0.2, 0.25) is 0 Å². The molecule has 7 heteroatoms. The van der Waals surface area contributed by atoms with E-state index in [1.54, 1.807) is 20.0 Å². The first-order chi connectivity index (χ1) is 8.10. The minimum atomic E-state index is -0.447. The fourth-order valence-corrected chi connectivity index (χ4v) is 1.15. The molecule has 7 nitrogen and oxygen atoms in total. The van der Waals surface area contributed by atoms with Gasteiger partial charge in [0.05, 0.1) is 20.3 Å². The number of hydrogen-bond donors (Lipinski definition) is 2. The Bertz CT molecular complexity index is 375. The molecular formula is C10H16N4O3. The van der Waals surface area contributed by atoms with E-state index < -0.39 is 6.04 Å². The first-order valence-corrected chi connectivity index (χ1v) is 5.06. The molecule has 1 aromatic heterocycles. The van der Waals surface area contributed by atoms with E-state index in [0.29, 0.717) is 11.8 Å². The number of carbonyl (C=O) groups excluding carboxylic acids is 1. The van der Waals surface area contributed by atoms with E-state index in [9.17, 15) is 4.79 Å². The summed E-state index contributed by atoms with van der Waals surface area (Å²) in [5.74, 6) is 0.847. The molecule has 0 aromatic carbocycles. The fourth-order valence-electron chi connectivity index (χ4n) is 1.15. The minimum absolute atomic E-state index is 0.157. The molecule has 0 bridgehead atoms. The van der Waals surface area contributed by atoms with Crippen LogP contribution in [-0.2, 0) is 4.79 Å². The zero-order valence-electron chi connectivity index (χ0n) is 10.3. The number of anilines is 1. The molecule has 1 heterocycles. The smallest absolute Gasteiger partial charge is 0.242 e. The standard InChI is InChI=1S/C10H16N4O3/c1-6(9(15)11-2)12-10-13-7(16-3)5-8(14-10)17-4/h5-6H,1-4H3,(H,11,15)(H,12,13,14). The summed E-state index contributed by atoms with van der Waals surface area (Å²) in [7, 11) is 4.55. The number of nitrogens with zero attached hydrogens (tertiary/aromatic N) is 2. The summed E-state index contributed by atoms with van der Waals surface area (Å²) >= 11 is 0. The predicted octanol–water partition coefficient (Wildman–Crippen LogP) is 0.0402. The largest absolute Gasteiger partial charge is 0.481 e. The molecule has 94 valence electrons. The topological polar surface area (TPSA) is 85.4 Å². The number of rotatable bonds is 5. The third kappa shape index (κ3) is 3.47. The predicted molar refractivity (Wildman–Crippen MR) is 62.3 cm³/mol. The van der Waals surface area contributed by atoms with E-state index in [1.807, 2.05) is 0 Å². The molecule has 17 heavy (non-hydrogen) atoms. The van der Waals surface area contributed by atoms with Gasteiger partial charge in [0.25, 0.3) is 0 Å². The van der Waals surface area contributed by atoms with Crippen LogP contribution in [-0.4, -0.2) is 43.2 Å². The number of amides is 1. The van der Waals surface area contributed by atoms with Crippen LogP contribution in [0.25, 0.3) is 0 Å². The van der Waals surface area contributed by atoms with Crippen LogP contribution >= 0.6 is 0 Å². The number of hydrogen-bond acceptors (Lipinski definition) is 6. The molecule has 0 radical (unpaired) electrons. The number of likely N-dealkylation sites (N-methyl/N-ethyl adjacent to an activating group) is 1. The highest BCUT2D eigenvalue weighted by molar-refractivity contribution is 5.83. The van der Waals surface area contributed by atoms with Crippen molar-refractivity contribution in [2.45, 2.75) is 13.0 Å². The van der Waals surface area contributed by atoms with Crippen molar-refractivity contribution in [3.63, 3.8) is 0 Å². The lowest BCUT2D eigenvalue weighted by molar-refractivity contribution is -0.121. The molecule has 1 rings (SSSR count). The van der Waals surface area contributed by atoms with Gasteiger partial charge in [-0.2, -0.15) is 9.97 Å². The lowest BCUT2D eigenvalue weighted by atomic mass is 10.3. The second-order valence-corrected chi connectivity index (χ2v) is 3.26. The maximum Gasteiger partial charge on any atom is 0.242 e. The lowest BCUT2D eigenvalue weighted by Crippen LogP contribution is -2.35. The average molecular weight is 240 g/mol. The Balaban J connectivity index is 2.86. The van der Waals surface area contributed by atoms with Crippen molar-refractivity contribution in [1.82, 2.24) is 15.3 Å². The third-order valence-corrected chi connectivity index (χ3v) is 2.08. The van der Waals surface area contributed by atoms with E-state index >= 15 is 0 Å². The molecule has 1 unspecified atom stereocenters. The molecule has 1 atom stereocenters. The summed E-state index contributed by atoms with van der Waals surface area (Å²) in [6.07, 6.45) is 0. The Morgan fingerprint density at radius 2 is 1.82 bits per heavy atom. The maximum absolute atomic E-state index is 11.3. The molecule has 2 N–H and O–H groups in total. The van der Waals surface area contributed by atoms with Gasteiger partial charge < -0.3 is 20.1 Å². The highest BCUT2D eigenvalue weighted by Crippen LogP contribution is 2.17. The van der Waals surface area contributed by atoms with Crippen LogP contribution < -0.4 is 20.1 Å². The number of ether oxygens (including phenoxy) is 2. The van der Waals surface area contributed by atoms with Crippen LogP contribution in [0.3, 0.4) is 0 Å². The van der Waals surface area contributed by atoms with Gasteiger partial charge in [0.2, 0.25) is 23.6 Å². The summed E-state index contributed by atoms with van der Waals surface area (Å²) in [5, 5.41) is 5.37. The monoisotopic (exact) mass is 240 g/mol. The number of methoxy groups -OCH3 is 2. The quantitative estimate of drug-likeness (QED) is 0.756. The molecule has 0 aliphatic carbocycles. The zero-order valence-corrected chi connectivity index (χ0v) is 10.3. The van der Waals surface area contributed by atoms with Crippen LogP contribution in [0.15, 0.2) is 6.07 Å². The first kappa shape index (κ1) is 13.0. The first-order valence-electron chi connectivity index (χ1n) is 5.06. The van der Waals surface area contributed by atoms with Crippen LogP contribution in [0, 0.1) is 0 Å². The van der Waals surface area contributed by atoms with Gasteiger partial charge >= 0.3 is 0 Å². The molecule has 0 saturated heterocycles. The molecule has 0 spiro atoms. The van der Waals surface area contributed by atoms with E-state index in [0.717, 1.165) is 0 Å². The summed E-state index contributed by atoms with van der Waals surface area (Å²) in [4.78, 5) is 19.4. The van der Waals surface area contributed by atoms with Gasteiger partial charge in [-0.3, -0.25) is 4.79 Å². The second-order valence-electron chi connectivity index (χ2n) is 3.26. The van der Waals surface area contributed by atoms with Gasteiger partial charge in [0.15, 0.2) is 0 Å². The zero-order chi connectivity index (χ0) is 12.8. The van der Waals surface area contributed by atoms with Gasteiger partial charge in [0.1, 0.15) is 6.04 Å². The second kappa shape index (κ2) is 5.88. The Hall–Kier alpha value is -2.05. The number of aromatic nitrogens is 2. The third-order valence-electron chi connectivity index (χ3n) is 2.08. The summed E-state index contributed by atoms with van der Waals surface area (Å²) in [6.45, 7) is 1.70. The molecule has 0 aliphatic heterocycles. The van der Waals surface area contributed by atoms with Crippen molar-refractivity contribution in [2.75, 3.05) is 26.6 Å². The van der Waals surface area contributed by atoms with E-state index in [1.165, 1.54) is 14.2 Å². The molecule has 0 fully saturated rings.